The molecule has 2 aliphatic heterocycles. The van der Waals surface area contributed by atoms with E-state index in [1.807, 2.05) is 0 Å². The van der Waals surface area contributed by atoms with E-state index in [4.69, 9.17) is 0 Å². The van der Waals surface area contributed by atoms with E-state index in [9.17, 15) is 13.2 Å². The van der Waals surface area contributed by atoms with Crippen LogP contribution < -0.4 is 10.2 Å². The van der Waals surface area contributed by atoms with E-state index in [-0.39, 0.29) is 0 Å². The van der Waals surface area contributed by atoms with Crippen molar-refractivity contribution in [1.82, 2.24) is 5.32 Å². The fraction of sp³-hybridized carbons (Fsp3) is 0.571. The van der Waals surface area contributed by atoms with Crippen molar-refractivity contribution in [3.05, 3.63) is 29.8 Å². The largest absolute Gasteiger partial charge is 0.416 e. The Kier molecular flexibility index (Phi) is 2.96. The standard InChI is InChI=1S/C14H17F3N2/c1-9-13-7-18-6-10(13)8-19(9)12-4-2-11(3-5-12)14(15,16)17/h2-5,9-10,13,18H,6-8H2,1H3. The average molecular weight is 270 g/mol. The first-order valence-electron chi connectivity index (χ1n) is 6.61. The van der Waals surface area contributed by atoms with Gasteiger partial charge in [0, 0.05) is 31.4 Å². The van der Waals surface area contributed by atoms with Crippen molar-refractivity contribution in [2.24, 2.45) is 11.8 Å². The molecular weight excluding hydrogens is 253 g/mol. The summed E-state index contributed by atoms with van der Waals surface area (Å²) in [7, 11) is 0. The molecule has 3 unspecified atom stereocenters. The van der Waals surface area contributed by atoms with Gasteiger partial charge in [0.05, 0.1) is 5.56 Å². The molecule has 0 amide bonds. The minimum absolute atomic E-state index is 0.386. The van der Waals surface area contributed by atoms with E-state index < -0.39 is 11.7 Å². The maximum absolute atomic E-state index is 12.5. The van der Waals surface area contributed by atoms with Gasteiger partial charge in [-0.15, -0.1) is 0 Å². The van der Waals surface area contributed by atoms with Crippen LogP contribution in [-0.2, 0) is 6.18 Å². The summed E-state index contributed by atoms with van der Waals surface area (Å²) in [6, 6.07) is 5.92. The highest BCUT2D eigenvalue weighted by atomic mass is 19.4. The molecule has 0 aromatic heterocycles. The van der Waals surface area contributed by atoms with Crippen molar-refractivity contribution >= 4 is 5.69 Å². The first-order chi connectivity index (χ1) is 8.97. The number of benzene rings is 1. The number of anilines is 1. The maximum atomic E-state index is 12.5. The SMILES string of the molecule is CC1C2CNCC2CN1c1ccc(C(F)(F)F)cc1. The molecular formula is C14H17F3N2. The molecule has 2 saturated heterocycles. The van der Waals surface area contributed by atoms with Crippen LogP contribution in [0.2, 0.25) is 0 Å². The highest BCUT2D eigenvalue weighted by molar-refractivity contribution is 5.50. The molecule has 0 radical (unpaired) electrons. The summed E-state index contributed by atoms with van der Waals surface area (Å²) in [5.41, 5.74) is 0.319. The number of halogens is 3. The van der Waals surface area contributed by atoms with Crippen molar-refractivity contribution in [3.8, 4) is 0 Å². The normalized spacial score (nSPS) is 30.7. The zero-order chi connectivity index (χ0) is 13.6. The maximum Gasteiger partial charge on any atom is 0.416 e. The fourth-order valence-corrected chi connectivity index (χ4v) is 3.35. The van der Waals surface area contributed by atoms with Gasteiger partial charge in [0.2, 0.25) is 0 Å². The van der Waals surface area contributed by atoms with E-state index in [1.54, 1.807) is 12.1 Å². The number of hydrogen-bond acceptors (Lipinski definition) is 2. The lowest BCUT2D eigenvalue weighted by Gasteiger charge is -2.27. The average Bonchev–Trinajstić information content (AvgIpc) is 2.92. The number of nitrogens with zero attached hydrogens (tertiary/aromatic N) is 1. The summed E-state index contributed by atoms with van der Waals surface area (Å²) in [6.07, 6.45) is -4.25. The summed E-state index contributed by atoms with van der Waals surface area (Å²) in [5.74, 6) is 1.24. The number of alkyl halides is 3. The predicted molar refractivity (Wildman–Crippen MR) is 68.1 cm³/mol. The zero-order valence-corrected chi connectivity index (χ0v) is 10.7. The Hall–Kier alpha value is -1.23. The third-order valence-electron chi connectivity index (χ3n) is 4.46. The van der Waals surface area contributed by atoms with Crippen molar-refractivity contribution in [2.45, 2.75) is 19.1 Å². The van der Waals surface area contributed by atoms with Gasteiger partial charge in [-0.1, -0.05) is 0 Å². The van der Waals surface area contributed by atoms with Crippen LogP contribution in [0.3, 0.4) is 0 Å². The monoisotopic (exact) mass is 270 g/mol. The Balaban J connectivity index is 1.80. The van der Waals surface area contributed by atoms with Gasteiger partial charge in [-0.25, -0.2) is 0 Å². The number of hydrogen-bond donors (Lipinski definition) is 1. The molecule has 0 bridgehead atoms. The molecule has 2 nitrogen and oxygen atoms in total. The quantitative estimate of drug-likeness (QED) is 0.844. The van der Waals surface area contributed by atoms with Gasteiger partial charge < -0.3 is 10.2 Å². The van der Waals surface area contributed by atoms with Gasteiger partial charge in [0.25, 0.3) is 0 Å². The number of fused-ring (bicyclic) bond motifs is 1. The van der Waals surface area contributed by atoms with Gasteiger partial charge >= 0.3 is 6.18 Å². The summed E-state index contributed by atoms with van der Waals surface area (Å²) >= 11 is 0. The lowest BCUT2D eigenvalue weighted by Crippen LogP contribution is -2.33. The van der Waals surface area contributed by atoms with Crippen LogP contribution in [0.1, 0.15) is 12.5 Å². The van der Waals surface area contributed by atoms with Gasteiger partial charge in [-0.2, -0.15) is 13.2 Å². The number of rotatable bonds is 1. The van der Waals surface area contributed by atoms with Crippen LogP contribution in [0.25, 0.3) is 0 Å². The second-order valence-corrected chi connectivity index (χ2v) is 5.52. The highest BCUT2D eigenvalue weighted by Crippen LogP contribution is 2.37. The van der Waals surface area contributed by atoms with Crippen LogP contribution in [0.5, 0.6) is 0 Å². The van der Waals surface area contributed by atoms with E-state index in [1.165, 1.54) is 12.1 Å². The molecule has 2 heterocycles. The molecule has 19 heavy (non-hydrogen) atoms. The Morgan fingerprint density at radius 3 is 2.42 bits per heavy atom. The minimum atomic E-state index is -4.25. The van der Waals surface area contributed by atoms with Crippen LogP contribution in [0.15, 0.2) is 24.3 Å². The van der Waals surface area contributed by atoms with Gasteiger partial charge in [0.15, 0.2) is 0 Å². The van der Waals surface area contributed by atoms with Crippen molar-refractivity contribution in [1.29, 1.82) is 0 Å². The summed E-state index contributed by atoms with van der Waals surface area (Å²) < 4.78 is 37.6. The van der Waals surface area contributed by atoms with Crippen molar-refractivity contribution in [2.75, 3.05) is 24.5 Å². The topological polar surface area (TPSA) is 15.3 Å². The molecule has 3 rings (SSSR count). The Morgan fingerprint density at radius 2 is 1.84 bits per heavy atom. The second-order valence-electron chi connectivity index (χ2n) is 5.52. The molecule has 2 aliphatic rings. The second kappa shape index (κ2) is 4.40. The molecule has 3 atom stereocenters. The smallest absolute Gasteiger partial charge is 0.368 e. The number of nitrogens with one attached hydrogen (secondary N) is 1. The molecule has 1 aromatic rings. The Morgan fingerprint density at radius 1 is 1.16 bits per heavy atom. The van der Waals surface area contributed by atoms with Crippen LogP contribution in [0, 0.1) is 11.8 Å². The predicted octanol–water partition coefficient (Wildman–Crippen LogP) is 2.75. The zero-order valence-electron chi connectivity index (χ0n) is 10.7. The van der Waals surface area contributed by atoms with Crippen LogP contribution in [-0.4, -0.2) is 25.7 Å². The first kappa shape index (κ1) is 12.8. The highest BCUT2D eigenvalue weighted by Gasteiger charge is 2.41. The van der Waals surface area contributed by atoms with Gasteiger partial charge in [-0.05, 0) is 43.0 Å². The van der Waals surface area contributed by atoms with E-state index in [2.05, 4.69) is 17.1 Å². The van der Waals surface area contributed by atoms with E-state index in [0.717, 1.165) is 25.3 Å². The van der Waals surface area contributed by atoms with Crippen molar-refractivity contribution < 1.29 is 13.2 Å². The molecule has 104 valence electrons. The van der Waals surface area contributed by atoms with Crippen molar-refractivity contribution in [3.63, 3.8) is 0 Å². The molecule has 2 fully saturated rings. The van der Waals surface area contributed by atoms with Crippen LogP contribution >= 0.6 is 0 Å². The minimum Gasteiger partial charge on any atom is -0.368 e. The fourth-order valence-electron chi connectivity index (χ4n) is 3.35. The Labute approximate surface area is 110 Å². The molecule has 0 spiro atoms. The van der Waals surface area contributed by atoms with E-state index in [0.29, 0.717) is 17.9 Å². The molecule has 0 saturated carbocycles. The Bertz CT molecular complexity index is 455. The first-order valence-corrected chi connectivity index (χ1v) is 6.61. The molecule has 1 N–H and O–H groups in total. The third kappa shape index (κ3) is 2.20. The van der Waals surface area contributed by atoms with Crippen LogP contribution in [0.4, 0.5) is 18.9 Å². The third-order valence-corrected chi connectivity index (χ3v) is 4.46. The lowest BCUT2D eigenvalue weighted by molar-refractivity contribution is -0.137. The molecule has 1 aromatic carbocycles. The van der Waals surface area contributed by atoms with Gasteiger partial charge in [0.1, 0.15) is 0 Å². The summed E-state index contributed by atoms with van der Waals surface area (Å²) in [6.45, 7) is 5.13. The molecule has 5 heteroatoms. The van der Waals surface area contributed by atoms with E-state index >= 15 is 0 Å². The summed E-state index contributed by atoms with van der Waals surface area (Å²) in [5, 5.41) is 3.38. The summed E-state index contributed by atoms with van der Waals surface area (Å²) in [4.78, 5) is 2.23. The van der Waals surface area contributed by atoms with Gasteiger partial charge in [-0.3, -0.25) is 0 Å². The molecule has 0 aliphatic carbocycles. The lowest BCUT2D eigenvalue weighted by atomic mass is 9.95.